The Morgan fingerprint density at radius 1 is 1.23 bits per heavy atom. The lowest BCUT2D eigenvalue weighted by atomic mass is 10.0. The molecule has 2 aliphatic heterocycles. The van der Waals surface area contributed by atoms with Gasteiger partial charge in [-0.3, -0.25) is 24.9 Å². The lowest BCUT2D eigenvalue weighted by molar-refractivity contribution is -0.119. The summed E-state index contributed by atoms with van der Waals surface area (Å²) in [6, 6.07) is 11.9. The molecule has 4 N–H and O–H groups in total. The molecular formula is C23H22FN7O4. The van der Waals surface area contributed by atoms with Crippen molar-refractivity contribution in [2.45, 2.75) is 19.6 Å². The van der Waals surface area contributed by atoms with Gasteiger partial charge in [-0.1, -0.05) is 24.3 Å². The van der Waals surface area contributed by atoms with E-state index in [4.69, 9.17) is 4.74 Å². The molecule has 5 rings (SSSR count). The maximum Gasteiger partial charge on any atom is 0.414 e. The Kier molecular flexibility index (Phi) is 5.79. The number of amides is 2. The van der Waals surface area contributed by atoms with Crippen LogP contribution >= 0.6 is 0 Å². The molecule has 0 aliphatic carbocycles. The molecule has 2 amide bonds. The largest absolute Gasteiger partial charge is 0.442 e. The van der Waals surface area contributed by atoms with Gasteiger partial charge in [0.1, 0.15) is 11.9 Å². The Labute approximate surface area is 198 Å². The lowest BCUT2D eigenvalue weighted by Crippen LogP contribution is -2.35. The SMILES string of the molecule is CC(=O)NC[C@H]1CN(c2ccc(-c3ccc(CN4NNc5c4nc[nH]c5=O)cc3)c(F)c2)C(=O)O1. The first-order chi connectivity index (χ1) is 16.9. The van der Waals surface area contributed by atoms with Gasteiger partial charge >= 0.3 is 6.09 Å². The van der Waals surface area contributed by atoms with E-state index in [0.29, 0.717) is 34.9 Å². The first kappa shape index (κ1) is 22.3. The highest BCUT2D eigenvalue weighted by atomic mass is 19.1. The van der Waals surface area contributed by atoms with Crippen molar-refractivity contribution in [3.05, 3.63) is 70.5 Å². The number of aromatic nitrogens is 2. The first-order valence-corrected chi connectivity index (χ1v) is 10.9. The number of anilines is 3. The van der Waals surface area contributed by atoms with Crippen molar-refractivity contribution in [3.8, 4) is 11.1 Å². The number of halogens is 1. The maximum atomic E-state index is 15.0. The molecule has 180 valence electrons. The molecule has 35 heavy (non-hydrogen) atoms. The van der Waals surface area contributed by atoms with Crippen molar-refractivity contribution in [3.63, 3.8) is 0 Å². The van der Waals surface area contributed by atoms with E-state index in [2.05, 4.69) is 26.2 Å². The molecule has 12 heteroatoms. The molecule has 11 nitrogen and oxygen atoms in total. The van der Waals surface area contributed by atoms with Crippen LogP contribution in [0.15, 0.2) is 53.6 Å². The van der Waals surface area contributed by atoms with Crippen LogP contribution in [-0.4, -0.2) is 41.2 Å². The second kappa shape index (κ2) is 9.06. The van der Waals surface area contributed by atoms with Gasteiger partial charge in [-0.15, -0.1) is 5.53 Å². The molecule has 2 aliphatic rings. The molecule has 1 atom stereocenters. The van der Waals surface area contributed by atoms with Crippen LogP contribution in [0.1, 0.15) is 12.5 Å². The van der Waals surface area contributed by atoms with Gasteiger partial charge in [-0.2, -0.15) is 0 Å². The standard InChI is InChI=1S/C23H22FN7O4/c1-13(32)25-9-17-11-30(23(34)35-17)16-6-7-18(19(24)8-16)15-4-2-14(3-5-15)10-31-21-20(28-29-31)22(33)27-12-26-21/h2-8,12,17,28-29H,9-11H2,1H3,(H,25,32)(H,26,27,33)/t17-/m0/s1. The zero-order chi connectivity index (χ0) is 24.5. The third-order valence-corrected chi connectivity index (χ3v) is 5.73. The number of hydrogen-bond donors (Lipinski definition) is 4. The van der Waals surface area contributed by atoms with E-state index in [1.165, 1.54) is 24.2 Å². The minimum absolute atomic E-state index is 0.200. The zero-order valence-corrected chi connectivity index (χ0v) is 18.7. The van der Waals surface area contributed by atoms with Crippen molar-refractivity contribution in [1.29, 1.82) is 0 Å². The molecule has 0 spiro atoms. The second-order valence-electron chi connectivity index (χ2n) is 8.17. The molecule has 1 saturated heterocycles. The van der Waals surface area contributed by atoms with Crippen molar-refractivity contribution in [2.75, 3.05) is 28.4 Å². The third kappa shape index (κ3) is 4.51. The minimum atomic E-state index is -0.583. The zero-order valence-electron chi connectivity index (χ0n) is 18.7. The van der Waals surface area contributed by atoms with E-state index in [9.17, 15) is 18.8 Å². The highest BCUT2D eigenvalue weighted by molar-refractivity contribution is 5.90. The number of nitrogens with zero attached hydrogens (tertiary/aromatic N) is 3. The summed E-state index contributed by atoms with van der Waals surface area (Å²) in [6.45, 7) is 2.23. The van der Waals surface area contributed by atoms with E-state index >= 15 is 0 Å². The Balaban J connectivity index is 1.27. The van der Waals surface area contributed by atoms with Crippen LogP contribution in [0.2, 0.25) is 0 Å². The van der Waals surface area contributed by atoms with Gasteiger partial charge < -0.3 is 15.0 Å². The number of ether oxygens (including phenoxy) is 1. The molecule has 3 heterocycles. The Bertz CT molecular complexity index is 1340. The number of hydrogen-bond acceptors (Lipinski definition) is 8. The first-order valence-electron chi connectivity index (χ1n) is 10.9. The van der Waals surface area contributed by atoms with Crippen LogP contribution in [0, 0.1) is 5.82 Å². The summed E-state index contributed by atoms with van der Waals surface area (Å²) in [5, 5.41) is 4.31. The Hall–Kier alpha value is -4.45. The summed E-state index contributed by atoms with van der Waals surface area (Å²) in [5.74, 6) is -0.207. The van der Waals surface area contributed by atoms with Crippen molar-refractivity contribution in [2.24, 2.45) is 0 Å². The topological polar surface area (TPSA) is 132 Å². The summed E-state index contributed by atoms with van der Waals surface area (Å²) in [4.78, 5) is 43.2. The van der Waals surface area contributed by atoms with Crippen LogP contribution in [0.5, 0.6) is 0 Å². The summed E-state index contributed by atoms with van der Waals surface area (Å²) in [7, 11) is 0. The molecule has 2 aromatic carbocycles. The van der Waals surface area contributed by atoms with Crippen LogP contribution in [0.3, 0.4) is 0 Å². The number of H-pyrrole nitrogens is 1. The molecule has 0 unspecified atom stereocenters. The molecule has 3 aromatic rings. The Morgan fingerprint density at radius 2 is 2.03 bits per heavy atom. The number of benzene rings is 2. The maximum absolute atomic E-state index is 15.0. The van der Waals surface area contributed by atoms with Gasteiger partial charge in [0, 0.05) is 12.5 Å². The molecule has 0 bridgehead atoms. The van der Waals surface area contributed by atoms with E-state index in [1.807, 2.05) is 12.1 Å². The quantitative estimate of drug-likeness (QED) is 0.422. The van der Waals surface area contributed by atoms with Crippen LogP contribution in [0.25, 0.3) is 11.1 Å². The number of nitrogens with one attached hydrogen (secondary N) is 4. The fraction of sp³-hybridized carbons (Fsp3) is 0.217. The van der Waals surface area contributed by atoms with Crippen LogP contribution in [0.4, 0.5) is 26.4 Å². The predicted molar refractivity (Wildman–Crippen MR) is 126 cm³/mol. The monoisotopic (exact) mass is 479 g/mol. The molecule has 0 radical (unpaired) electrons. The number of aromatic amines is 1. The van der Waals surface area contributed by atoms with Crippen LogP contribution in [-0.2, 0) is 16.1 Å². The van der Waals surface area contributed by atoms with E-state index in [-0.39, 0.29) is 24.6 Å². The smallest absolute Gasteiger partial charge is 0.414 e. The van der Waals surface area contributed by atoms with Crippen molar-refractivity contribution < 1.29 is 18.7 Å². The summed E-state index contributed by atoms with van der Waals surface area (Å²) >= 11 is 0. The fourth-order valence-corrected chi connectivity index (χ4v) is 3.97. The average Bonchev–Trinajstić information content (AvgIpc) is 3.42. The summed E-state index contributed by atoms with van der Waals surface area (Å²) < 4.78 is 20.2. The van der Waals surface area contributed by atoms with Crippen LogP contribution < -0.4 is 31.7 Å². The van der Waals surface area contributed by atoms with Gasteiger partial charge in [0.2, 0.25) is 5.91 Å². The number of rotatable bonds is 6. The second-order valence-corrected chi connectivity index (χ2v) is 8.17. The van der Waals surface area contributed by atoms with E-state index < -0.39 is 18.0 Å². The lowest BCUT2D eigenvalue weighted by Gasteiger charge is -2.17. The number of carbonyl (C=O) groups excluding carboxylic acids is 2. The minimum Gasteiger partial charge on any atom is -0.442 e. The summed E-state index contributed by atoms with van der Waals surface area (Å²) in [5.41, 5.74) is 8.12. The Morgan fingerprint density at radius 3 is 2.77 bits per heavy atom. The highest BCUT2D eigenvalue weighted by Gasteiger charge is 2.32. The van der Waals surface area contributed by atoms with Gasteiger partial charge in [-0.05, 0) is 29.3 Å². The van der Waals surface area contributed by atoms with E-state index in [0.717, 1.165) is 5.56 Å². The number of cyclic esters (lactones) is 1. The number of carbonyl (C=O) groups is 2. The predicted octanol–water partition coefficient (Wildman–Crippen LogP) is 1.89. The van der Waals surface area contributed by atoms with Crippen molar-refractivity contribution >= 4 is 29.2 Å². The third-order valence-electron chi connectivity index (χ3n) is 5.73. The highest BCUT2D eigenvalue weighted by Crippen LogP contribution is 2.30. The molecular weight excluding hydrogens is 457 g/mol. The normalized spacial score (nSPS) is 16.6. The van der Waals surface area contributed by atoms with E-state index in [1.54, 1.807) is 29.3 Å². The van der Waals surface area contributed by atoms with Gasteiger partial charge in [0.05, 0.1) is 31.6 Å². The number of hydrazine groups is 2. The average molecular weight is 479 g/mol. The van der Waals surface area contributed by atoms with Gasteiger partial charge in [0.25, 0.3) is 5.56 Å². The molecule has 0 saturated carbocycles. The molecule has 1 fully saturated rings. The fourth-order valence-electron chi connectivity index (χ4n) is 3.97. The number of fused-ring (bicyclic) bond motifs is 1. The van der Waals surface area contributed by atoms with Gasteiger partial charge in [-0.25, -0.2) is 14.2 Å². The molecule has 1 aromatic heterocycles. The van der Waals surface area contributed by atoms with Gasteiger partial charge in [0.15, 0.2) is 11.5 Å². The van der Waals surface area contributed by atoms with Crippen molar-refractivity contribution in [1.82, 2.24) is 20.8 Å². The summed E-state index contributed by atoms with van der Waals surface area (Å²) in [6.07, 6.45) is 0.256.